The van der Waals surface area contributed by atoms with Gasteiger partial charge in [-0.1, -0.05) is 11.6 Å². The van der Waals surface area contributed by atoms with Gasteiger partial charge in [-0.3, -0.25) is 4.79 Å². The Labute approximate surface area is 92.5 Å². The molecule has 5 heteroatoms. The van der Waals surface area contributed by atoms with Crippen molar-refractivity contribution in [3.05, 3.63) is 28.8 Å². The van der Waals surface area contributed by atoms with Crippen LogP contribution >= 0.6 is 11.6 Å². The minimum absolute atomic E-state index is 0.00768. The normalized spacial score (nSPS) is 10.0. The van der Waals surface area contributed by atoms with Crippen LogP contribution in [0.5, 0.6) is 5.75 Å². The third-order valence-corrected chi connectivity index (χ3v) is 2.14. The highest BCUT2D eigenvalue weighted by atomic mass is 35.5. The van der Waals surface area contributed by atoms with Gasteiger partial charge in [0.1, 0.15) is 5.75 Å². The molecule has 1 aromatic carbocycles. The number of amides is 1. The summed E-state index contributed by atoms with van der Waals surface area (Å²) in [6.45, 7) is 0.398. The molecule has 0 unspecified atom stereocenters. The number of halogens is 1. The summed E-state index contributed by atoms with van der Waals surface area (Å²) >= 11 is 5.78. The molecule has 0 saturated heterocycles. The lowest BCUT2D eigenvalue weighted by atomic mass is 10.2. The van der Waals surface area contributed by atoms with Crippen LogP contribution in [0.4, 0.5) is 0 Å². The van der Waals surface area contributed by atoms with Gasteiger partial charge < -0.3 is 15.5 Å². The third kappa shape index (κ3) is 3.42. The molecule has 0 bridgehead atoms. The van der Waals surface area contributed by atoms with Crippen LogP contribution in [0.1, 0.15) is 16.8 Å². The molecular formula is C10H12ClNO3. The zero-order valence-electron chi connectivity index (χ0n) is 8.03. The first-order chi connectivity index (χ1) is 7.15. The second kappa shape index (κ2) is 5.58. The number of benzene rings is 1. The summed E-state index contributed by atoms with van der Waals surface area (Å²) in [6, 6.07) is 4.17. The van der Waals surface area contributed by atoms with Crippen molar-refractivity contribution in [2.24, 2.45) is 0 Å². The Morgan fingerprint density at radius 1 is 1.47 bits per heavy atom. The number of phenols is 1. The Morgan fingerprint density at radius 2 is 2.20 bits per heavy atom. The van der Waals surface area contributed by atoms with E-state index in [0.29, 0.717) is 13.0 Å². The monoisotopic (exact) mass is 229 g/mol. The fourth-order valence-corrected chi connectivity index (χ4v) is 1.27. The Balaban J connectivity index is 2.68. The first kappa shape index (κ1) is 11.8. The van der Waals surface area contributed by atoms with E-state index in [1.807, 2.05) is 0 Å². The van der Waals surface area contributed by atoms with E-state index < -0.39 is 0 Å². The maximum absolute atomic E-state index is 11.5. The van der Waals surface area contributed by atoms with Gasteiger partial charge in [0, 0.05) is 13.2 Å². The predicted octanol–water partition coefficient (Wildman–Crippen LogP) is 1.16. The van der Waals surface area contributed by atoms with Gasteiger partial charge in [-0.2, -0.15) is 0 Å². The van der Waals surface area contributed by atoms with Crippen molar-refractivity contribution in [3.8, 4) is 5.75 Å². The van der Waals surface area contributed by atoms with Gasteiger partial charge in [0.15, 0.2) is 0 Å². The van der Waals surface area contributed by atoms with Gasteiger partial charge in [0.05, 0.1) is 10.6 Å². The van der Waals surface area contributed by atoms with E-state index in [4.69, 9.17) is 16.7 Å². The van der Waals surface area contributed by atoms with E-state index in [0.717, 1.165) is 0 Å². The molecule has 82 valence electrons. The van der Waals surface area contributed by atoms with Crippen LogP contribution in [0.15, 0.2) is 18.2 Å². The highest BCUT2D eigenvalue weighted by Gasteiger charge is 2.10. The first-order valence-electron chi connectivity index (χ1n) is 4.52. The number of hydrogen-bond donors (Lipinski definition) is 3. The molecule has 0 radical (unpaired) electrons. The Hall–Kier alpha value is -1.26. The molecule has 3 N–H and O–H groups in total. The molecule has 1 rings (SSSR count). The fourth-order valence-electron chi connectivity index (χ4n) is 1.06. The molecule has 15 heavy (non-hydrogen) atoms. The molecule has 1 amide bonds. The van der Waals surface area contributed by atoms with E-state index in [-0.39, 0.29) is 28.8 Å². The minimum Gasteiger partial charge on any atom is -0.508 e. The second-order valence-electron chi connectivity index (χ2n) is 3.00. The van der Waals surface area contributed by atoms with Crippen molar-refractivity contribution in [3.63, 3.8) is 0 Å². The summed E-state index contributed by atoms with van der Waals surface area (Å²) in [6.07, 6.45) is 0.488. The largest absolute Gasteiger partial charge is 0.508 e. The Bertz CT molecular complexity index is 355. The summed E-state index contributed by atoms with van der Waals surface area (Å²) < 4.78 is 0. The number of hydrogen-bond acceptors (Lipinski definition) is 3. The quantitative estimate of drug-likeness (QED) is 0.679. The van der Waals surface area contributed by atoms with Gasteiger partial charge in [-0.15, -0.1) is 0 Å². The van der Waals surface area contributed by atoms with Crippen molar-refractivity contribution >= 4 is 17.5 Å². The van der Waals surface area contributed by atoms with E-state index in [9.17, 15) is 9.90 Å². The third-order valence-electron chi connectivity index (χ3n) is 1.82. The lowest BCUT2D eigenvalue weighted by molar-refractivity contribution is 0.0951. The lowest BCUT2D eigenvalue weighted by Crippen LogP contribution is -2.25. The molecule has 0 aliphatic carbocycles. The van der Waals surface area contributed by atoms with Crippen molar-refractivity contribution < 1.29 is 15.0 Å². The van der Waals surface area contributed by atoms with Gasteiger partial charge >= 0.3 is 0 Å². The molecule has 0 aliphatic rings. The number of aliphatic hydroxyl groups excluding tert-OH is 1. The van der Waals surface area contributed by atoms with Crippen LogP contribution in [-0.2, 0) is 0 Å². The Kier molecular flexibility index (Phi) is 4.39. The van der Waals surface area contributed by atoms with Gasteiger partial charge in [0.25, 0.3) is 5.91 Å². The highest BCUT2D eigenvalue weighted by Crippen LogP contribution is 2.20. The summed E-state index contributed by atoms with van der Waals surface area (Å²) in [5, 5.41) is 20.6. The number of carbonyl (C=O) groups is 1. The van der Waals surface area contributed by atoms with Crippen LogP contribution in [0.3, 0.4) is 0 Å². The summed E-state index contributed by atoms with van der Waals surface area (Å²) in [5.74, 6) is -0.365. The van der Waals surface area contributed by atoms with Crippen LogP contribution < -0.4 is 5.32 Å². The van der Waals surface area contributed by atoms with Crippen LogP contribution in [0.2, 0.25) is 5.02 Å². The number of carbonyl (C=O) groups excluding carboxylic acids is 1. The molecule has 0 saturated carbocycles. The molecule has 0 aromatic heterocycles. The number of aliphatic hydroxyl groups is 1. The predicted molar refractivity (Wildman–Crippen MR) is 57.2 cm³/mol. The highest BCUT2D eigenvalue weighted by molar-refractivity contribution is 6.33. The maximum atomic E-state index is 11.5. The molecule has 0 spiro atoms. The first-order valence-corrected chi connectivity index (χ1v) is 4.90. The summed E-state index contributed by atoms with van der Waals surface area (Å²) in [4.78, 5) is 11.5. The smallest absolute Gasteiger partial charge is 0.252 e. The van der Waals surface area contributed by atoms with E-state index in [1.165, 1.54) is 18.2 Å². The van der Waals surface area contributed by atoms with Crippen LogP contribution in [0, 0.1) is 0 Å². The zero-order valence-corrected chi connectivity index (χ0v) is 8.79. The summed E-state index contributed by atoms with van der Waals surface area (Å²) in [7, 11) is 0. The van der Waals surface area contributed by atoms with Crippen LogP contribution in [-0.4, -0.2) is 29.3 Å². The number of nitrogens with one attached hydrogen (secondary N) is 1. The topological polar surface area (TPSA) is 69.6 Å². The molecule has 4 nitrogen and oxygen atoms in total. The molecule has 0 heterocycles. The fraction of sp³-hybridized carbons (Fsp3) is 0.300. The van der Waals surface area contributed by atoms with Gasteiger partial charge in [-0.05, 0) is 24.6 Å². The van der Waals surface area contributed by atoms with E-state index in [2.05, 4.69) is 5.32 Å². The zero-order chi connectivity index (χ0) is 11.3. The van der Waals surface area contributed by atoms with Crippen molar-refractivity contribution in [2.75, 3.05) is 13.2 Å². The van der Waals surface area contributed by atoms with E-state index >= 15 is 0 Å². The van der Waals surface area contributed by atoms with Crippen LogP contribution in [0.25, 0.3) is 0 Å². The minimum atomic E-state index is -0.357. The average molecular weight is 230 g/mol. The molecule has 0 aliphatic heterocycles. The SMILES string of the molecule is O=C(NCCCO)c1cc(O)ccc1Cl. The van der Waals surface area contributed by atoms with E-state index in [1.54, 1.807) is 0 Å². The number of rotatable bonds is 4. The molecule has 0 atom stereocenters. The molecule has 1 aromatic rings. The lowest BCUT2D eigenvalue weighted by Gasteiger charge is -2.06. The van der Waals surface area contributed by atoms with Crippen molar-refractivity contribution in [1.29, 1.82) is 0 Å². The second-order valence-corrected chi connectivity index (χ2v) is 3.40. The van der Waals surface area contributed by atoms with Gasteiger partial charge in [-0.25, -0.2) is 0 Å². The average Bonchev–Trinajstić information content (AvgIpc) is 2.22. The molecule has 0 fully saturated rings. The van der Waals surface area contributed by atoms with Gasteiger partial charge in [0.2, 0.25) is 0 Å². The van der Waals surface area contributed by atoms with Crippen molar-refractivity contribution in [2.45, 2.75) is 6.42 Å². The Morgan fingerprint density at radius 3 is 2.87 bits per heavy atom. The molecular weight excluding hydrogens is 218 g/mol. The van der Waals surface area contributed by atoms with Crippen molar-refractivity contribution in [1.82, 2.24) is 5.32 Å². The summed E-state index contributed by atoms with van der Waals surface area (Å²) in [5.41, 5.74) is 0.231. The number of phenolic OH excluding ortho intramolecular Hbond substituents is 1. The standard InChI is InChI=1S/C10H12ClNO3/c11-9-3-2-7(14)6-8(9)10(15)12-4-1-5-13/h2-3,6,13-14H,1,4-5H2,(H,12,15). The number of aromatic hydroxyl groups is 1. The maximum Gasteiger partial charge on any atom is 0.252 e.